The summed E-state index contributed by atoms with van der Waals surface area (Å²) in [5, 5.41) is 4.24. The fraction of sp³-hybridized carbons (Fsp3) is 0.462. The van der Waals surface area contributed by atoms with Gasteiger partial charge in [0.1, 0.15) is 5.41 Å². The van der Waals surface area contributed by atoms with Crippen molar-refractivity contribution in [3.05, 3.63) is 22.4 Å². The van der Waals surface area contributed by atoms with Crippen molar-refractivity contribution in [3.8, 4) is 0 Å². The normalized spacial score (nSPS) is 22.1. The van der Waals surface area contributed by atoms with Gasteiger partial charge in [0.25, 0.3) is 0 Å². The largest absolute Gasteiger partial charge is 0.331 e. The van der Waals surface area contributed by atoms with Crippen molar-refractivity contribution in [1.29, 1.82) is 0 Å². The molecule has 1 aliphatic carbocycles. The van der Waals surface area contributed by atoms with Crippen LogP contribution in [-0.2, 0) is 16.1 Å². The number of amides is 4. The molecule has 2 heterocycles. The summed E-state index contributed by atoms with van der Waals surface area (Å²) in [6.07, 6.45) is 2.82. The second-order valence-corrected chi connectivity index (χ2v) is 6.05. The predicted octanol–water partition coefficient (Wildman–Crippen LogP) is 1.89. The maximum Gasteiger partial charge on any atom is 0.331 e. The first-order valence-corrected chi connectivity index (χ1v) is 7.21. The average molecular weight is 278 g/mol. The minimum absolute atomic E-state index is 0.247. The molecule has 0 unspecified atom stereocenters. The number of carbonyl (C=O) groups excluding carboxylic acids is 3. The van der Waals surface area contributed by atoms with Crippen molar-refractivity contribution in [2.75, 3.05) is 0 Å². The van der Waals surface area contributed by atoms with Crippen molar-refractivity contribution in [3.63, 3.8) is 0 Å². The van der Waals surface area contributed by atoms with E-state index in [-0.39, 0.29) is 12.5 Å². The van der Waals surface area contributed by atoms with Crippen LogP contribution < -0.4 is 5.32 Å². The molecule has 6 heteroatoms. The van der Waals surface area contributed by atoms with Crippen LogP contribution in [0.1, 0.15) is 30.6 Å². The van der Waals surface area contributed by atoms with Gasteiger partial charge in [0.15, 0.2) is 0 Å². The Balaban J connectivity index is 1.89. The summed E-state index contributed by atoms with van der Waals surface area (Å²) in [6.45, 7) is 0.247. The lowest BCUT2D eigenvalue weighted by molar-refractivity contribution is -0.151. The molecule has 4 amide bonds. The van der Waals surface area contributed by atoms with Crippen LogP contribution in [0, 0.1) is 5.41 Å². The molecule has 1 N–H and O–H groups in total. The maximum atomic E-state index is 12.5. The van der Waals surface area contributed by atoms with Crippen LogP contribution in [0.2, 0.25) is 0 Å². The van der Waals surface area contributed by atoms with E-state index in [1.165, 1.54) is 16.2 Å². The molecular weight excluding hydrogens is 264 g/mol. The Morgan fingerprint density at radius 1 is 1.26 bits per heavy atom. The third kappa shape index (κ3) is 1.87. The highest BCUT2D eigenvalue weighted by Gasteiger charge is 2.54. The minimum Gasteiger partial charge on any atom is -0.277 e. The highest BCUT2D eigenvalue weighted by molar-refractivity contribution is 7.09. The number of nitrogens with zero attached hydrogens (tertiary/aromatic N) is 1. The Morgan fingerprint density at radius 3 is 2.63 bits per heavy atom. The van der Waals surface area contributed by atoms with Gasteiger partial charge >= 0.3 is 6.03 Å². The van der Waals surface area contributed by atoms with Crippen LogP contribution in [0.25, 0.3) is 0 Å². The van der Waals surface area contributed by atoms with E-state index in [4.69, 9.17) is 0 Å². The van der Waals surface area contributed by atoms with Crippen molar-refractivity contribution in [2.24, 2.45) is 5.41 Å². The molecule has 1 aromatic heterocycles. The number of hydrogen-bond acceptors (Lipinski definition) is 4. The van der Waals surface area contributed by atoms with Crippen molar-refractivity contribution in [1.82, 2.24) is 10.2 Å². The lowest BCUT2D eigenvalue weighted by Crippen LogP contribution is -2.62. The average Bonchev–Trinajstić information content (AvgIpc) is 3.05. The quantitative estimate of drug-likeness (QED) is 0.840. The molecule has 0 atom stereocenters. The first-order valence-electron chi connectivity index (χ1n) is 6.33. The Labute approximate surface area is 114 Å². The number of barbiturate groups is 1. The maximum absolute atomic E-state index is 12.5. The van der Waals surface area contributed by atoms with Gasteiger partial charge in [-0.05, 0) is 24.3 Å². The molecule has 3 rings (SSSR count). The molecule has 19 heavy (non-hydrogen) atoms. The molecule has 0 bridgehead atoms. The molecule has 1 aliphatic heterocycles. The summed E-state index contributed by atoms with van der Waals surface area (Å²) in [6, 6.07) is 3.16. The molecule has 2 aliphatic rings. The monoisotopic (exact) mass is 278 g/mol. The number of thiophene rings is 1. The molecule has 0 radical (unpaired) electrons. The lowest BCUT2D eigenvalue weighted by Gasteiger charge is -2.36. The molecule has 2 fully saturated rings. The highest BCUT2D eigenvalue weighted by Crippen LogP contribution is 2.42. The second kappa shape index (κ2) is 4.45. The number of rotatable bonds is 2. The standard InChI is InChI=1S/C13H14N2O3S/c16-10-13(5-1-2-6-13)11(17)15(12(18)14-10)8-9-4-3-7-19-9/h3-4,7H,1-2,5-6,8H2,(H,14,16,18). The van der Waals surface area contributed by atoms with Gasteiger partial charge in [-0.1, -0.05) is 18.9 Å². The van der Waals surface area contributed by atoms with Crippen LogP contribution in [0.15, 0.2) is 17.5 Å². The number of hydrogen-bond donors (Lipinski definition) is 1. The number of carbonyl (C=O) groups is 3. The van der Waals surface area contributed by atoms with Gasteiger partial charge in [-0.15, -0.1) is 11.3 Å². The SMILES string of the molecule is O=C1NC(=O)C2(CCCC2)C(=O)N1Cc1cccs1. The van der Waals surface area contributed by atoms with E-state index in [0.29, 0.717) is 12.8 Å². The van der Waals surface area contributed by atoms with E-state index in [0.717, 1.165) is 17.7 Å². The number of nitrogens with one attached hydrogen (secondary N) is 1. The number of urea groups is 1. The van der Waals surface area contributed by atoms with E-state index >= 15 is 0 Å². The minimum atomic E-state index is -0.995. The van der Waals surface area contributed by atoms with E-state index in [9.17, 15) is 14.4 Å². The fourth-order valence-electron chi connectivity index (χ4n) is 2.85. The summed E-state index contributed by atoms with van der Waals surface area (Å²) in [5.74, 6) is -0.741. The number of imide groups is 2. The Kier molecular flexibility index (Phi) is 2.89. The van der Waals surface area contributed by atoms with Crippen LogP contribution in [-0.4, -0.2) is 22.7 Å². The van der Waals surface area contributed by atoms with Gasteiger partial charge in [-0.25, -0.2) is 4.79 Å². The van der Waals surface area contributed by atoms with Gasteiger partial charge in [0.05, 0.1) is 6.54 Å². The second-order valence-electron chi connectivity index (χ2n) is 5.02. The Morgan fingerprint density at radius 2 is 2.00 bits per heavy atom. The first kappa shape index (κ1) is 12.3. The van der Waals surface area contributed by atoms with Crippen LogP contribution in [0.3, 0.4) is 0 Å². The van der Waals surface area contributed by atoms with Gasteiger partial charge in [0.2, 0.25) is 11.8 Å². The molecule has 1 aromatic rings. The third-order valence-electron chi connectivity index (χ3n) is 3.91. The van der Waals surface area contributed by atoms with Crippen molar-refractivity contribution >= 4 is 29.2 Å². The van der Waals surface area contributed by atoms with E-state index in [1.807, 2.05) is 17.5 Å². The molecule has 100 valence electrons. The first-order chi connectivity index (χ1) is 9.13. The third-order valence-corrected chi connectivity index (χ3v) is 4.77. The molecular formula is C13H14N2O3S. The van der Waals surface area contributed by atoms with Crippen molar-refractivity contribution < 1.29 is 14.4 Å². The van der Waals surface area contributed by atoms with Crippen LogP contribution in [0.4, 0.5) is 4.79 Å². The van der Waals surface area contributed by atoms with Gasteiger partial charge in [0, 0.05) is 4.88 Å². The lowest BCUT2D eigenvalue weighted by atomic mass is 9.82. The van der Waals surface area contributed by atoms with E-state index in [2.05, 4.69) is 5.32 Å². The molecule has 1 saturated carbocycles. The summed E-state index contributed by atoms with van der Waals surface area (Å²) < 4.78 is 0. The Bertz CT molecular complexity index is 532. The summed E-state index contributed by atoms with van der Waals surface area (Å²) in [5.41, 5.74) is -0.995. The zero-order valence-electron chi connectivity index (χ0n) is 10.3. The van der Waals surface area contributed by atoms with Gasteiger partial charge < -0.3 is 0 Å². The zero-order chi connectivity index (χ0) is 13.5. The Hall–Kier alpha value is -1.69. The zero-order valence-corrected chi connectivity index (χ0v) is 11.2. The highest BCUT2D eigenvalue weighted by atomic mass is 32.1. The molecule has 5 nitrogen and oxygen atoms in total. The summed E-state index contributed by atoms with van der Waals surface area (Å²) >= 11 is 1.49. The topological polar surface area (TPSA) is 66.5 Å². The van der Waals surface area contributed by atoms with Crippen LogP contribution in [0.5, 0.6) is 0 Å². The molecule has 0 aromatic carbocycles. The smallest absolute Gasteiger partial charge is 0.277 e. The van der Waals surface area contributed by atoms with E-state index < -0.39 is 17.4 Å². The predicted molar refractivity (Wildman–Crippen MR) is 69.3 cm³/mol. The fourth-order valence-corrected chi connectivity index (χ4v) is 3.55. The summed E-state index contributed by atoms with van der Waals surface area (Å²) in [4.78, 5) is 38.5. The van der Waals surface area contributed by atoms with Gasteiger partial charge in [-0.3, -0.25) is 19.8 Å². The molecule has 1 spiro atoms. The van der Waals surface area contributed by atoms with Crippen LogP contribution >= 0.6 is 11.3 Å². The van der Waals surface area contributed by atoms with Crippen molar-refractivity contribution in [2.45, 2.75) is 32.2 Å². The molecule has 1 saturated heterocycles. The summed E-state index contributed by atoms with van der Waals surface area (Å²) in [7, 11) is 0. The van der Waals surface area contributed by atoms with Gasteiger partial charge in [-0.2, -0.15) is 0 Å². The van der Waals surface area contributed by atoms with E-state index in [1.54, 1.807) is 0 Å².